The maximum Gasteiger partial charge on any atom is 0.342 e. The summed E-state index contributed by atoms with van der Waals surface area (Å²) in [5.74, 6) is -0.820. The summed E-state index contributed by atoms with van der Waals surface area (Å²) in [6, 6.07) is 4.80. The van der Waals surface area contributed by atoms with Gasteiger partial charge in [0.05, 0.1) is 11.1 Å². The maximum atomic E-state index is 11.9. The predicted octanol–water partition coefficient (Wildman–Crippen LogP) is -0.683. The highest BCUT2D eigenvalue weighted by molar-refractivity contribution is 5.86. The van der Waals surface area contributed by atoms with Crippen molar-refractivity contribution in [3.05, 3.63) is 60.8 Å². The summed E-state index contributed by atoms with van der Waals surface area (Å²) in [6.07, 6.45) is 1.24. The average molecular weight is 347 g/mol. The van der Waals surface area contributed by atoms with Crippen LogP contribution < -0.4 is 22.0 Å². The molecule has 0 aliphatic rings. The largest absolute Gasteiger partial charge is 0.353 e. The lowest BCUT2D eigenvalue weighted by molar-refractivity contribution is -0.384. The van der Waals surface area contributed by atoms with Gasteiger partial charge in [0.15, 0.2) is 0 Å². The molecule has 0 spiro atoms. The minimum atomic E-state index is -0.887. The van der Waals surface area contributed by atoms with Crippen molar-refractivity contribution in [1.82, 2.24) is 20.6 Å². The summed E-state index contributed by atoms with van der Waals surface area (Å²) in [4.78, 5) is 46.3. The number of aromatic amines is 2. The van der Waals surface area contributed by atoms with Crippen molar-refractivity contribution in [3.8, 4) is 0 Å². The van der Waals surface area contributed by atoms with E-state index < -0.39 is 28.1 Å². The van der Waals surface area contributed by atoms with E-state index in [1.165, 1.54) is 31.3 Å². The lowest BCUT2D eigenvalue weighted by Gasteiger charge is -2.11. The van der Waals surface area contributed by atoms with E-state index in [1.807, 2.05) is 10.1 Å². The molecule has 1 aromatic heterocycles. The number of nitro groups is 1. The number of carbonyl (C=O) groups excluding carboxylic acids is 1. The molecular formula is C13H13N7O5. The minimum Gasteiger partial charge on any atom is -0.353 e. The van der Waals surface area contributed by atoms with Crippen LogP contribution >= 0.6 is 0 Å². The van der Waals surface area contributed by atoms with Crippen LogP contribution in [0.2, 0.25) is 0 Å². The van der Waals surface area contributed by atoms with Crippen molar-refractivity contribution < 1.29 is 9.72 Å². The van der Waals surface area contributed by atoms with E-state index in [1.54, 1.807) is 6.07 Å². The summed E-state index contributed by atoms with van der Waals surface area (Å²) in [5.41, 5.74) is 0.995. The summed E-state index contributed by atoms with van der Waals surface area (Å²) in [5, 5.41) is 22.4. The third-order valence-corrected chi connectivity index (χ3v) is 2.93. The number of hydrogen-bond donors (Lipinski definition) is 4. The van der Waals surface area contributed by atoms with Gasteiger partial charge in [-0.1, -0.05) is 12.1 Å². The summed E-state index contributed by atoms with van der Waals surface area (Å²) < 4.78 is 0. The molecule has 0 saturated heterocycles. The van der Waals surface area contributed by atoms with Crippen molar-refractivity contribution in [2.24, 2.45) is 5.10 Å². The molecule has 1 atom stereocenters. The Kier molecular flexibility index (Phi) is 5.35. The van der Waals surface area contributed by atoms with Crippen molar-refractivity contribution in [3.63, 3.8) is 0 Å². The van der Waals surface area contributed by atoms with Gasteiger partial charge in [0.25, 0.3) is 17.2 Å². The van der Waals surface area contributed by atoms with Gasteiger partial charge in [-0.3, -0.25) is 24.7 Å². The van der Waals surface area contributed by atoms with E-state index >= 15 is 0 Å². The Morgan fingerprint density at radius 1 is 1.44 bits per heavy atom. The Balaban J connectivity index is 1.97. The van der Waals surface area contributed by atoms with Crippen molar-refractivity contribution in [2.75, 3.05) is 5.32 Å². The first-order chi connectivity index (χ1) is 11.9. The number of hydrogen-bond acceptors (Lipinski definition) is 8. The van der Waals surface area contributed by atoms with Gasteiger partial charge in [-0.05, 0) is 6.92 Å². The van der Waals surface area contributed by atoms with Crippen LogP contribution in [0.1, 0.15) is 12.5 Å². The molecule has 0 aliphatic carbocycles. The van der Waals surface area contributed by atoms with E-state index in [-0.39, 0.29) is 11.5 Å². The quantitative estimate of drug-likeness (QED) is 0.304. The van der Waals surface area contributed by atoms with Crippen LogP contribution in [-0.2, 0) is 4.79 Å². The molecule has 0 saturated carbocycles. The predicted molar refractivity (Wildman–Crippen MR) is 87.4 cm³/mol. The first kappa shape index (κ1) is 17.5. The first-order valence-electron chi connectivity index (χ1n) is 6.89. The van der Waals surface area contributed by atoms with Crippen LogP contribution in [0, 0.1) is 10.1 Å². The lowest BCUT2D eigenvalue weighted by atomic mass is 10.2. The highest BCUT2D eigenvalue weighted by atomic mass is 16.6. The molecule has 1 aromatic carbocycles. The number of anilines is 1. The monoisotopic (exact) mass is 347 g/mol. The molecule has 0 bridgehead atoms. The molecule has 2 rings (SSSR count). The Morgan fingerprint density at radius 2 is 2.20 bits per heavy atom. The van der Waals surface area contributed by atoms with Gasteiger partial charge in [-0.15, -0.1) is 5.10 Å². The number of hydrazone groups is 1. The summed E-state index contributed by atoms with van der Waals surface area (Å²) >= 11 is 0. The first-order valence-corrected chi connectivity index (χ1v) is 6.89. The number of nitrogens with zero attached hydrogens (tertiary/aromatic N) is 3. The van der Waals surface area contributed by atoms with E-state index in [4.69, 9.17) is 0 Å². The molecule has 12 heteroatoms. The number of benzene rings is 1. The van der Waals surface area contributed by atoms with Crippen molar-refractivity contribution >= 4 is 23.6 Å². The number of H-pyrrole nitrogens is 2. The SMILES string of the molecule is C[C@@H](Nc1n[nH]c(=O)[nH]c1=O)C(=O)N/N=C\c1cccc([N+](=O)[O-])c1. The molecule has 4 N–H and O–H groups in total. The molecule has 2 aromatic rings. The number of rotatable bonds is 6. The van der Waals surface area contributed by atoms with Crippen molar-refractivity contribution in [2.45, 2.75) is 13.0 Å². The molecule has 0 fully saturated rings. The maximum absolute atomic E-state index is 11.9. The number of aromatic nitrogens is 3. The zero-order valence-corrected chi connectivity index (χ0v) is 12.8. The van der Waals surface area contributed by atoms with E-state index in [0.29, 0.717) is 5.56 Å². The minimum absolute atomic E-state index is 0.103. The van der Waals surface area contributed by atoms with Crippen LogP contribution in [-0.4, -0.2) is 38.3 Å². The highest BCUT2D eigenvalue weighted by Gasteiger charge is 2.14. The molecular weight excluding hydrogens is 334 g/mol. The molecule has 1 heterocycles. The second-order valence-electron chi connectivity index (χ2n) is 4.81. The molecule has 25 heavy (non-hydrogen) atoms. The van der Waals surface area contributed by atoms with Gasteiger partial charge in [0.2, 0.25) is 5.82 Å². The number of amides is 1. The van der Waals surface area contributed by atoms with Crippen LogP contribution in [0.25, 0.3) is 0 Å². The molecule has 12 nitrogen and oxygen atoms in total. The molecule has 0 unspecified atom stereocenters. The zero-order chi connectivity index (χ0) is 18.4. The number of carbonyl (C=O) groups is 1. The zero-order valence-electron chi connectivity index (χ0n) is 12.8. The van der Waals surface area contributed by atoms with E-state index in [0.717, 1.165) is 0 Å². The fourth-order valence-corrected chi connectivity index (χ4v) is 1.70. The van der Waals surface area contributed by atoms with Crippen LogP contribution in [0.4, 0.5) is 11.5 Å². The Morgan fingerprint density at radius 3 is 2.88 bits per heavy atom. The van der Waals surface area contributed by atoms with Crippen molar-refractivity contribution in [1.29, 1.82) is 0 Å². The molecule has 130 valence electrons. The Hall–Kier alpha value is -3.83. The van der Waals surface area contributed by atoms with Gasteiger partial charge >= 0.3 is 5.69 Å². The summed E-state index contributed by atoms with van der Waals surface area (Å²) in [6.45, 7) is 1.45. The van der Waals surface area contributed by atoms with Gasteiger partial charge in [-0.25, -0.2) is 15.3 Å². The Labute approximate surface area is 139 Å². The second-order valence-corrected chi connectivity index (χ2v) is 4.81. The number of nitro benzene ring substituents is 1. The number of non-ortho nitro benzene ring substituents is 1. The molecule has 1 amide bonds. The van der Waals surface area contributed by atoms with E-state index in [2.05, 4.69) is 20.9 Å². The third-order valence-electron chi connectivity index (χ3n) is 2.93. The molecule has 0 radical (unpaired) electrons. The van der Waals surface area contributed by atoms with Crippen LogP contribution in [0.3, 0.4) is 0 Å². The van der Waals surface area contributed by atoms with Gasteiger partial charge in [-0.2, -0.15) is 5.10 Å². The standard InChI is InChI=1S/C13H13N7O5/c1-7(15-10-12(22)16-13(23)19-17-10)11(21)18-14-6-8-3-2-4-9(5-8)20(24)25/h2-7H,1H3,(H,15,17)(H,18,21)(H2,16,19,22,23)/b14-6-/t7-/m1/s1. The van der Waals surface area contributed by atoms with E-state index in [9.17, 15) is 24.5 Å². The second kappa shape index (κ2) is 7.63. The Bertz CT molecular complexity index is 933. The lowest BCUT2D eigenvalue weighted by Crippen LogP contribution is -2.38. The highest BCUT2D eigenvalue weighted by Crippen LogP contribution is 2.11. The van der Waals surface area contributed by atoms with Crippen LogP contribution in [0.15, 0.2) is 39.0 Å². The smallest absolute Gasteiger partial charge is 0.342 e. The topological polar surface area (TPSA) is 175 Å². The van der Waals surface area contributed by atoms with Gasteiger partial charge in [0.1, 0.15) is 6.04 Å². The normalized spacial score (nSPS) is 11.9. The van der Waals surface area contributed by atoms with Gasteiger partial charge in [0, 0.05) is 17.7 Å². The third kappa shape index (κ3) is 4.82. The average Bonchev–Trinajstić information content (AvgIpc) is 2.57. The summed E-state index contributed by atoms with van der Waals surface area (Å²) in [7, 11) is 0. The van der Waals surface area contributed by atoms with Gasteiger partial charge < -0.3 is 5.32 Å². The van der Waals surface area contributed by atoms with Crippen LogP contribution in [0.5, 0.6) is 0 Å². The fourth-order valence-electron chi connectivity index (χ4n) is 1.70. The molecule has 0 aliphatic heterocycles. The fraction of sp³-hybridized carbons (Fsp3) is 0.154. The number of nitrogens with one attached hydrogen (secondary N) is 4.